The summed E-state index contributed by atoms with van der Waals surface area (Å²) in [5.41, 5.74) is 0. The minimum Gasteiger partial charge on any atom is -0.462 e. The van der Waals surface area contributed by atoms with Gasteiger partial charge in [0.1, 0.15) is 0 Å². The van der Waals surface area contributed by atoms with E-state index in [2.05, 4.69) is 11.3 Å². The lowest BCUT2D eigenvalue weighted by Gasteiger charge is -2.00. The average molecular weight is 201 g/mol. The topological polar surface area (TPSA) is 26.3 Å². The van der Waals surface area contributed by atoms with Crippen molar-refractivity contribution in [3.8, 4) is 0 Å². The lowest BCUT2D eigenvalue weighted by molar-refractivity contribution is -0.137. The van der Waals surface area contributed by atoms with Gasteiger partial charge in [0.2, 0.25) is 0 Å². The molecule has 0 aromatic heterocycles. The van der Waals surface area contributed by atoms with E-state index in [4.69, 9.17) is 22.5 Å². The second-order valence-electron chi connectivity index (χ2n) is 1.40. The third kappa shape index (κ3) is 6.34. The first kappa shape index (κ1) is 10.2. The van der Waals surface area contributed by atoms with E-state index in [0.717, 1.165) is 6.08 Å². The minimum absolute atomic E-state index is 0.267. The van der Waals surface area contributed by atoms with Crippen LogP contribution in [0.4, 0.5) is 0 Å². The number of ether oxygens (including phenoxy) is 1. The van der Waals surface area contributed by atoms with Gasteiger partial charge in [0.25, 0.3) is 0 Å². The molecule has 0 radical (unpaired) electrons. The van der Waals surface area contributed by atoms with E-state index in [9.17, 15) is 4.79 Å². The van der Waals surface area contributed by atoms with Gasteiger partial charge in [-0.2, -0.15) is 0 Å². The predicted octanol–water partition coefficient (Wildman–Crippen LogP) is 2.51. The maximum Gasteiger partial charge on any atom is 0.330 e. The second-order valence-corrected chi connectivity index (χ2v) is 5.42. The lowest BCUT2D eigenvalue weighted by Crippen LogP contribution is -2.02. The molecule has 0 saturated carbocycles. The zero-order valence-electron chi connectivity index (χ0n) is 5.22. The number of carbonyl (C=O) groups excluding carboxylic acids is 1. The highest BCUT2D eigenvalue weighted by Gasteiger charge is 2.00. The second kappa shape index (κ2) is 5.96. The molecule has 0 atom stereocenters. The fourth-order valence-corrected chi connectivity index (χ4v) is 0.918. The fourth-order valence-electron chi connectivity index (χ4n) is 0.274. The molecule has 0 aromatic rings. The minimum atomic E-state index is -1.00. The van der Waals surface area contributed by atoms with Gasteiger partial charge in [-0.15, -0.1) is 0 Å². The Morgan fingerprint density at radius 3 is 2.70 bits per heavy atom. The Kier molecular flexibility index (Phi) is 6.10. The number of halogens is 2. The molecule has 0 unspecified atom stereocenters. The summed E-state index contributed by atoms with van der Waals surface area (Å²) in [5.74, 6) is -0.440. The highest BCUT2D eigenvalue weighted by atomic mass is 35.9. The molecule has 0 aromatic carbocycles. The molecule has 0 N–H and O–H groups in total. The summed E-state index contributed by atoms with van der Waals surface area (Å²) in [4.78, 5) is 10.4. The van der Waals surface area contributed by atoms with E-state index < -0.39 is 12.6 Å². The molecule has 0 aliphatic carbocycles. The van der Waals surface area contributed by atoms with Crippen LogP contribution < -0.4 is 0 Å². The van der Waals surface area contributed by atoms with Crippen LogP contribution in [0.25, 0.3) is 0 Å². The molecule has 0 spiro atoms. The fraction of sp³-hybridized carbons (Fsp3) is 0.400. The van der Waals surface area contributed by atoms with Gasteiger partial charge in [-0.25, -0.2) is 4.79 Å². The van der Waals surface area contributed by atoms with Crippen LogP contribution >= 0.6 is 29.1 Å². The quantitative estimate of drug-likeness (QED) is 0.396. The summed E-state index contributed by atoms with van der Waals surface area (Å²) in [5, 5.41) is 0. The molecule has 0 amide bonds. The molecule has 0 aliphatic rings. The van der Waals surface area contributed by atoms with E-state index in [0.29, 0.717) is 6.16 Å². The Morgan fingerprint density at radius 2 is 2.30 bits per heavy atom. The van der Waals surface area contributed by atoms with Crippen LogP contribution in [-0.4, -0.2) is 18.7 Å². The van der Waals surface area contributed by atoms with Crippen molar-refractivity contribution >= 4 is 35.1 Å². The molecule has 58 valence electrons. The Labute approximate surface area is 70.5 Å². The van der Waals surface area contributed by atoms with E-state index >= 15 is 0 Å². The van der Waals surface area contributed by atoms with Gasteiger partial charge in [-0.05, 0) is 0 Å². The van der Waals surface area contributed by atoms with E-state index in [1.54, 1.807) is 0 Å². The molecule has 2 nitrogen and oxygen atoms in total. The maximum absolute atomic E-state index is 10.4. The van der Waals surface area contributed by atoms with Crippen molar-refractivity contribution in [3.63, 3.8) is 0 Å². The molecule has 0 fully saturated rings. The van der Waals surface area contributed by atoms with Crippen molar-refractivity contribution in [2.24, 2.45) is 0 Å². The zero-order chi connectivity index (χ0) is 7.98. The number of esters is 1. The van der Waals surface area contributed by atoms with Crippen LogP contribution in [0.1, 0.15) is 0 Å². The zero-order valence-corrected chi connectivity index (χ0v) is 7.62. The van der Waals surface area contributed by atoms with Crippen molar-refractivity contribution in [2.75, 3.05) is 12.8 Å². The standard InChI is InChI=1S/C5H7Cl2O2P/c1-2-5(8)9-3-4-10(6)7/h2H,1,3-4H2. The van der Waals surface area contributed by atoms with E-state index in [-0.39, 0.29) is 6.61 Å². The van der Waals surface area contributed by atoms with Crippen molar-refractivity contribution in [3.05, 3.63) is 12.7 Å². The average Bonchev–Trinajstić information content (AvgIpc) is 1.87. The normalized spacial score (nSPS) is 9.50. The third-order valence-electron chi connectivity index (χ3n) is 0.671. The first-order valence-electron chi connectivity index (χ1n) is 2.55. The van der Waals surface area contributed by atoms with Crippen LogP contribution in [0.15, 0.2) is 12.7 Å². The van der Waals surface area contributed by atoms with Crippen LogP contribution in [0.3, 0.4) is 0 Å². The predicted molar refractivity (Wildman–Crippen MR) is 44.6 cm³/mol. The highest BCUT2D eigenvalue weighted by molar-refractivity contribution is 8.03. The largest absolute Gasteiger partial charge is 0.462 e. The molecule has 0 bridgehead atoms. The first-order valence-corrected chi connectivity index (χ1v) is 5.89. The van der Waals surface area contributed by atoms with Crippen LogP contribution in [0.5, 0.6) is 0 Å². The highest BCUT2D eigenvalue weighted by Crippen LogP contribution is 2.45. The Morgan fingerprint density at radius 1 is 1.70 bits per heavy atom. The number of rotatable bonds is 4. The SMILES string of the molecule is C=CC(=O)OCCP(Cl)Cl. The number of hydrogen-bond donors (Lipinski definition) is 0. The van der Waals surface area contributed by atoms with Crippen molar-refractivity contribution in [1.82, 2.24) is 0 Å². The Bertz CT molecular complexity index is 127. The van der Waals surface area contributed by atoms with Crippen LogP contribution in [-0.2, 0) is 9.53 Å². The Balaban J connectivity index is 3.19. The maximum atomic E-state index is 10.4. The summed E-state index contributed by atoms with van der Waals surface area (Å²) in [6.07, 6.45) is 1.61. The first-order chi connectivity index (χ1) is 4.66. The van der Waals surface area contributed by atoms with Gasteiger partial charge >= 0.3 is 5.97 Å². The van der Waals surface area contributed by atoms with E-state index in [1.807, 2.05) is 0 Å². The monoisotopic (exact) mass is 200 g/mol. The molecule has 0 rings (SSSR count). The molecular weight excluding hydrogens is 194 g/mol. The van der Waals surface area contributed by atoms with Crippen molar-refractivity contribution in [1.29, 1.82) is 0 Å². The van der Waals surface area contributed by atoms with E-state index in [1.165, 1.54) is 0 Å². The van der Waals surface area contributed by atoms with Gasteiger partial charge < -0.3 is 4.74 Å². The summed E-state index contributed by atoms with van der Waals surface area (Å²) in [7, 11) is 0. The number of hydrogen-bond acceptors (Lipinski definition) is 2. The summed E-state index contributed by atoms with van der Waals surface area (Å²) in [6, 6.07) is 0. The van der Waals surface area contributed by atoms with Gasteiger partial charge in [0.05, 0.1) is 13.2 Å². The van der Waals surface area contributed by atoms with Gasteiger partial charge in [0.15, 0.2) is 0 Å². The Hall–Kier alpha value is 0.220. The van der Waals surface area contributed by atoms with Gasteiger partial charge in [0, 0.05) is 12.2 Å². The number of carbonyl (C=O) groups is 1. The van der Waals surface area contributed by atoms with Gasteiger partial charge in [-0.3, -0.25) is 0 Å². The molecule has 0 heterocycles. The van der Waals surface area contributed by atoms with Crippen LogP contribution in [0.2, 0.25) is 0 Å². The molecule has 10 heavy (non-hydrogen) atoms. The third-order valence-corrected chi connectivity index (χ3v) is 2.21. The summed E-state index contributed by atoms with van der Waals surface area (Å²) >= 11 is 10.8. The van der Waals surface area contributed by atoms with Gasteiger partial charge in [-0.1, -0.05) is 29.1 Å². The van der Waals surface area contributed by atoms with Crippen molar-refractivity contribution < 1.29 is 9.53 Å². The summed E-state index contributed by atoms with van der Waals surface area (Å²) < 4.78 is 4.59. The molecular formula is C5H7Cl2O2P. The van der Waals surface area contributed by atoms with Crippen molar-refractivity contribution in [2.45, 2.75) is 0 Å². The van der Waals surface area contributed by atoms with Crippen LogP contribution in [0, 0.1) is 0 Å². The molecule has 0 saturated heterocycles. The smallest absolute Gasteiger partial charge is 0.330 e. The molecule has 0 aliphatic heterocycles. The summed E-state index contributed by atoms with van der Waals surface area (Å²) in [6.45, 7) is 2.49. The molecule has 5 heteroatoms. The lowest BCUT2D eigenvalue weighted by atomic mass is 10.6.